The van der Waals surface area contributed by atoms with Crippen LogP contribution in [-0.2, 0) is 6.54 Å². The van der Waals surface area contributed by atoms with E-state index in [9.17, 15) is 8.78 Å². The maximum atomic E-state index is 13.2. The molecule has 1 heterocycles. The summed E-state index contributed by atoms with van der Waals surface area (Å²) in [7, 11) is 0. The van der Waals surface area contributed by atoms with Crippen molar-refractivity contribution in [2.45, 2.75) is 6.54 Å². The molecule has 1 N–H and O–H groups in total. The van der Waals surface area contributed by atoms with Gasteiger partial charge in [0.2, 0.25) is 0 Å². The molecule has 1 aromatic carbocycles. The van der Waals surface area contributed by atoms with E-state index in [1.807, 2.05) is 0 Å². The van der Waals surface area contributed by atoms with Crippen molar-refractivity contribution in [2.75, 3.05) is 5.32 Å². The Balaban J connectivity index is 2.08. The zero-order chi connectivity index (χ0) is 11.4. The fourth-order valence-corrected chi connectivity index (χ4v) is 1.26. The van der Waals surface area contributed by atoms with Crippen molar-refractivity contribution in [1.82, 2.24) is 9.97 Å². The molecule has 0 spiro atoms. The van der Waals surface area contributed by atoms with Crippen LogP contribution in [0.25, 0.3) is 0 Å². The first-order chi connectivity index (χ1) is 7.75. The molecule has 2 rings (SSSR count). The van der Waals surface area contributed by atoms with Gasteiger partial charge in [-0.3, -0.25) is 0 Å². The minimum atomic E-state index is -0.458. The van der Waals surface area contributed by atoms with Gasteiger partial charge in [0.05, 0.1) is 0 Å². The number of rotatable bonds is 3. The van der Waals surface area contributed by atoms with E-state index >= 15 is 0 Å². The fourth-order valence-electron chi connectivity index (χ4n) is 1.26. The molecule has 0 radical (unpaired) electrons. The minimum Gasteiger partial charge on any atom is -0.366 e. The third-order valence-corrected chi connectivity index (χ3v) is 2.05. The van der Waals surface area contributed by atoms with Crippen LogP contribution >= 0.6 is 0 Å². The number of halogens is 2. The summed E-state index contributed by atoms with van der Waals surface area (Å²) in [5.74, 6) is -0.331. The van der Waals surface area contributed by atoms with Crippen LogP contribution in [0.5, 0.6) is 0 Å². The molecule has 0 unspecified atom stereocenters. The van der Waals surface area contributed by atoms with Gasteiger partial charge in [0.15, 0.2) is 0 Å². The van der Waals surface area contributed by atoms with Crippen LogP contribution < -0.4 is 5.32 Å². The van der Waals surface area contributed by atoms with Gasteiger partial charge in [0.1, 0.15) is 23.8 Å². The van der Waals surface area contributed by atoms with Crippen LogP contribution in [0, 0.1) is 11.6 Å². The van der Waals surface area contributed by atoms with Gasteiger partial charge in [-0.05, 0) is 24.3 Å². The Morgan fingerprint density at radius 3 is 2.81 bits per heavy atom. The summed E-state index contributed by atoms with van der Waals surface area (Å²) in [4.78, 5) is 7.65. The molecule has 0 aliphatic carbocycles. The Bertz CT molecular complexity index is 474. The summed E-state index contributed by atoms with van der Waals surface area (Å²) < 4.78 is 26.1. The highest BCUT2D eigenvalue weighted by molar-refractivity contribution is 5.33. The summed E-state index contributed by atoms with van der Waals surface area (Å²) in [6, 6.07) is 5.00. The Morgan fingerprint density at radius 1 is 1.19 bits per heavy atom. The zero-order valence-electron chi connectivity index (χ0n) is 8.32. The first-order valence-corrected chi connectivity index (χ1v) is 4.69. The van der Waals surface area contributed by atoms with Gasteiger partial charge in [-0.15, -0.1) is 0 Å². The van der Waals surface area contributed by atoms with Gasteiger partial charge >= 0.3 is 0 Å². The Morgan fingerprint density at radius 2 is 2.06 bits per heavy atom. The molecule has 0 amide bonds. The van der Waals surface area contributed by atoms with Crippen LogP contribution in [0.1, 0.15) is 5.56 Å². The van der Waals surface area contributed by atoms with E-state index in [1.165, 1.54) is 6.33 Å². The highest BCUT2D eigenvalue weighted by Gasteiger charge is 2.03. The largest absolute Gasteiger partial charge is 0.366 e. The predicted octanol–water partition coefficient (Wildman–Crippen LogP) is 2.37. The van der Waals surface area contributed by atoms with Crippen molar-refractivity contribution < 1.29 is 8.78 Å². The summed E-state index contributed by atoms with van der Waals surface area (Å²) >= 11 is 0. The Kier molecular flexibility index (Phi) is 3.05. The van der Waals surface area contributed by atoms with E-state index in [0.717, 1.165) is 18.2 Å². The van der Waals surface area contributed by atoms with Gasteiger partial charge in [0.25, 0.3) is 0 Å². The van der Waals surface area contributed by atoms with Crippen molar-refractivity contribution in [3.63, 3.8) is 0 Å². The highest BCUT2D eigenvalue weighted by atomic mass is 19.1. The number of nitrogens with one attached hydrogen (secondary N) is 1. The van der Waals surface area contributed by atoms with Crippen molar-refractivity contribution >= 4 is 5.82 Å². The van der Waals surface area contributed by atoms with Crippen LogP contribution in [0.3, 0.4) is 0 Å². The molecule has 0 bridgehead atoms. The number of hydrogen-bond donors (Lipinski definition) is 1. The van der Waals surface area contributed by atoms with Gasteiger partial charge in [-0.25, -0.2) is 18.7 Å². The molecule has 0 fully saturated rings. The summed E-state index contributed by atoms with van der Waals surface area (Å²) in [6.45, 7) is 0.181. The van der Waals surface area contributed by atoms with E-state index in [2.05, 4.69) is 15.3 Å². The highest BCUT2D eigenvalue weighted by Crippen LogP contribution is 2.11. The molecule has 82 valence electrons. The third-order valence-electron chi connectivity index (χ3n) is 2.05. The van der Waals surface area contributed by atoms with E-state index in [0.29, 0.717) is 5.82 Å². The van der Waals surface area contributed by atoms with Crippen LogP contribution in [0.2, 0.25) is 0 Å². The summed E-state index contributed by atoms with van der Waals surface area (Å²) in [5, 5.41) is 2.87. The molecule has 0 atom stereocenters. The molecule has 2 aromatic rings. The maximum Gasteiger partial charge on any atom is 0.129 e. The normalized spacial score (nSPS) is 10.1. The summed E-state index contributed by atoms with van der Waals surface area (Å²) in [6.07, 6.45) is 2.95. The summed E-state index contributed by atoms with van der Waals surface area (Å²) in [5.41, 5.74) is 0.263. The first-order valence-electron chi connectivity index (χ1n) is 4.69. The monoisotopic (exact) mass is 221 g/mol. The first kappa shape index (κ1) is 10.5. The number of hydrogen-bond acceptors (Lipinski definition) is 3. The quantitative estimate of drug-likeness (QED) is 0.864. The standard InChI is InChI=1S/C11H9F2N3/c12-9-1-2-10(13)8(5-9)6-15-11-3-4-14-7-16-11/h1-5,7H,6H2,(H,14,15,16). The number of nitrogens with zero attached hydrogens (tertiary/aromatic N) is 2. The lowest BCUT2D eigenvalue weighted by molar-refractivity contribution is 0.587. The molecule has 0 aliphatic rings. The van der Waals surface area contributed by atoms with Crippen molar-refractivity contribution in [1.29, 1.82) is 0 Å². The van der Waals surface area contributed by atoms with E-state index in [4.69, 9.17) is 0 Å². The van der Waals surface area contributed by atoms with Crippen molar-refractivity contribution in [3.05, 3.63) is 54.0 Å². The van der Waals surface area contributed by atoms with E-state index < -0.39 is 11.6 Å². The van der Waals surface area contributed by atoms with Crippen LogP contribution in [-0.4, -0.2) is 9.97 Å². The van der Waals surface area contributed by atoms with Gasteiger partial charge in [-0.2, -0.15) is 0 Å². The number of anilines is 1. The van der Waals surface area contributed by atoms with E-state index in [-0.39, 0.29) is 12.1 Å². The smallest absolute Gasteiger partial charge is 0.129 e. The van der Waals surface area contributed by atoms with Crippen molar-refractivity contribution in [3.8, 4) is 0 Å². The molecule has 0 saturated heterocycles. The lowest BCUT2D eigenvalue weighted by Crippen LogP contribution is -2.03. The zero-order valence-corrected chi connectivity index (χ0v) is 8.32. The topological polar surface area (TPSA) is 37.8 Å². The average molecular weight is 221 g/mol. The molecule has 16 heavy (non-hydrogen) atoms. The van der Waals surface area contributed by atoms with E-state index in [1.54, 1.807) is 12.3 Å². The molecule has 0 saturated carbocycles. The fraction of sp³-hybridized carbons (Fsp3) is 0.0909. The minimum absolute atomic E-state index is 0.181. The second kappa shape index (κ2) is 4.65. The maximum absolute atomic E-state index is 13.2. The van der Waals surface area contributed by atoms with Crippen LogP contribution in [0.4, 0.5) is 14.6 Å². The molecular weight excluding hydrogens is 212 g/mol. The molecular formula is C11H9F2N3. The number of aromatic nitrogens is 2. The van der Waals surface area contributed by atoms with Gasteiger partial charge in [-0.1, -0.05) is 0 Å². The average Bonchev–Trinajstić information content (AvgIpc) is 2.32. The molecule has 1 aromatic heterocycles. The lowest BCUT2D eigenvalue weighted by atomic mass is 10.2. The molecule has 5 heteroatoms. The SMILES string of the molecule is Fc1ccc(F)c(CNc2ccncn2)c1. The number of benzene rings is 1. The lowest BCUT2D eigenvalue weighted by Gasteiger charge is -2.06. The Labute approximate surface area is 91.2 Å². The third kappa shape index (κ3) is 2.50. The van der Waals surface area contributed by atoms with Crippen molar-refractivity contribution in [2.24, 2.45) is 0 Å². The second-order valence-corrected chi connectivity index (χ2v) is 3.18. The van der Waals surface area contributed by atoms with Crippen LogP contribution in [0.15, 0.2) is 36.8 Å². The molecule has 0 aliphatic heterocycles. The second-order valence-electron chi connectivity index (χ2n) is 3.18. The predicted molar refractivity (Wildman–Crippen MR) is 55.7 cm³/mol. The van der Waals surface area contributed by atoms with Gasteiger partial charge < -0.3 is 5.32 Å². The van der Waals surface area contributed by atoms with Gasteiger partial charge in [0, 0.05) is 18.3 Å². The molecule has 3 nitrogen and oxygen atoms in total. The Hall–Kier alpha value is -2.04.